The van der Waals surface area contributed by atoms with Gasteiger partial charge in [-0.15, -0.1) is 11.3 Å². The molecule has 1 unspecified atom stereocenters. The third-order valence-corrected chi connectivity index (χ3v) is 9.40. The largest absolute Gasteiger partial charge is 0.346 e. The molecule has 6 rings (SSSR count). The molecule has 1 aliphatic carbocycles. The number of rotatable bonds is 5. The van der Waals surface area contributed by atoms with Crippen molar-refractivity contribution in [3.8, 4) is 11.3 Å². The number of thiophene rings is 1. The number of ketones is 1. The maximum Gasteiger partial charge on any atom is 0.158 e. The first-order valence-electron chi connectivity index (χ1n) is 12.5. The second kappa shape index (κ2) is 8.02. The van der Waals surface area contributed by atoms with Crippen molar-refractivity contribution in [2.45, 2.75) is 59.3 Å². The van der Waals surface area contributed by atoms with Gasteiger partial charge in [0.05, 0.1) is 12.2 Å². The van der Waals surface area contributed by atoms with Crippen LogP contribution in [0.15, 0.2) is 18.6 Å². The summed E-state index contributed by atoms with van der Waals surface area (Å²) in [6.07, 6.45) is 6.23. The van der Waals surface area contributed by atoms with E-state index >= 15 is 0 Å². The second-order valence-corrected chi connectivity index (χ2v) is 11.9. The van der Waals surface area contributed by atoms with Gasteiger partial charge in [-0.05, 0) is 80.0 Å². The summed E-state index contributed by atoms with van der Waals surface area (Å²) in [5, 5.41) is 5.81. The van der Waals surface area contributed by atoms with Crippen LogP contribution in [0.2, 0.25) is 0 Å². The van der Waals surface area contributed by atoms with Gasteiger partial charge in [-0.25, -0.2) is 9.50 Å². The van der Waals surface area contributed by atoms with Crippen molar-refractivity contribution in [1.82, 2.24) is 24.5 Å². The average Bonchev–Trinajstić information content (AvgIpc) is 3.53. The fourth-order valence-corrected chi connectivity index (χ4v) is 8.08. The van der Waals surface area contributed by atoms with Crippen LogP contribution < -0.4 is 0 Å². The molecule has 1 saturated heterocycles. The smallest absolute Gasteiger partial charge is 0.158 e. The number of H-pyrrole nitrogens is 1. The molecule has 178 valence electrons. The Labute approximate surface area is 204 Å². The number of carbonyl (C=O) groups is 1. The van der Waals surface area contributed by atoms with Gasteiger partial charge in [0.25, 0.3) is 0 Å². The molecule has 4 aromatic heterocycles. The predicted octanol–water partition coefficient (Wildman–Crippen LogP) is 5.69. The van der Waals surface area contributed by atoms with E-state index in [-0.39, 0.29) is 5.78 Å². The molecule has 34 heavy (non-hydrogen) atoms. The van der Waals surface area contributed by atoms with E-state index in [2.05, 4.69) is 59.9 Å². The molecule has 4 aromatic rings. The van der Waals surface area contributed by atoms with Gasteiger partial charge in [0.1, 0.15) is 16.9 Å². The van der Waals surface area contributed by atoms with Crippen LogP contribution in [-0.2, 0) is 4.79 Å². The third-order valence-electron chi connectivity index (χ3n) is 8.03. The average molecular weight is 476 g/mol. The minimum Gasteiger partial charge on any atom is -0.346 e. The molecule has 5 heterocycles. The van der Waals surface area contributed by atoms with E-state index in [1.54, 1.807) is 18.1 Å². The number of nitrogens with zero attached hydrogens (tertiary/aromatic N) is 4. The third kappa shape index (κ3) is 3.43. The number of carbonyl (C=O) groups excluding carboxylic acids is 1. The quantitative estimate of drug-likeness (QED) is 0.402. The van der Waals surface area contributed by atoms with Gasteiger partial charge in [0, 0.05) is 35.1 Å². The Hall–Kier alpha value is -2.51. The number of nitrogens with one attached hydrogen (secondary N) is 1. The molecule has 0 radical (unpaired) electrons. The number of fused-ring (bicyclic) bond motifs is 3. The van der Waals surface area contributed by atoms with Crippen molar-refractivity contribution in [3.05, 3.63) is 40.2 Å². The van der Waals surface area contributed by atoms with Crippen molar-refractivity contribution in [3.63, 3.8) is 0 Å². The first-order valence-corrected chi connectivity index (χ1v) is 13.3. The minimum atomic E-state index is 0.287. The van der Waals surface area contributed by atoms with E-state index < -0.39 is 0 Å². The number of aromatic amines is 1. The summed E-state index contributed by atoms with van der Waals surface area (Å²) in [6.45, 7) is 13.5. The van der Waals surface area contributed by atoms with Crippen LogP contribution in [-0.4, -0.2) is 49.9 Å². The van der Waals surface area contributed by atoms with Gasteiger partial charge < -0.3 is 4.98 Å². The summed E-state index contributed by atoms with van der Waals surface area (Å²) >= 11 is 1.97. The SMILES string of the molecule is CC(=O)CN1C[C@H]2CC(c3sc4[nH]c(-c5cc(C)c6ncnn6c5)c(C(C)C)c4c3C)C[C@H]2C1. The summed E-state index contributed by atoms with van der Waals surface area (Å²) in [5.74, 6) is 2.83. The predicted molar refractivity (Wildman–Crippen MR) is 138 cm³/mol. The normalized spacial score (nSPS) is 23.1. The van der Waals surface area contributed by atoms with E-state index in [0.717, 1.165) is 36.1 Å². The van der Waals surface area contributed by atoms with Crippen LogP contribution in [0.5, 0.6) is 0 Å². The molecular weight excluding hydrogens is 442 g/mol. The first kappa shape index (κ1) is 22.0. The highest BCUT2D eigenvalue weighted by atomic mass is 32.1. The van der Waals surface area contributed by atoms with Gasteiger partial charge in [0.15, 0.2) is 5.65 Å². The highest BCUT2D eigenvalue weighted by Crippen LogP contribution is 2.51. The van der Waals surface area contributed by atoms with Gasteiger partial charge >= 0.3 is 0 Å². The summed E-state index contributed by atoms with van der Waals surface area (Å²) < 4.78 is 1.88. The first-order chi connectivity index (χ1) is 16.3. The number of Topliss-reactive ketones (excluding diaryl/α,β-unsaturated/α-hetero) is 1. The molecule has 6 nitrogen and oxygen atoms in total. The van der Waals surface area contributed by atoms with Crippen molar-refractivity contribution in [2.75, 3.05) is 19.6 Å². The van der Waals surface area contributed by atoms with Crippen LogP contribution in [0, 0.1) is 25.7 Å². The fourth-order valence-electron chi connectivity index (χ4n) is 6.73. The molecular formula is C27H33N5OS. The lowest BCUT2D eigenvalue weighted by Gasteiger charge is -2.17. The van der Waals surface area contributed by atoms with Crippen molar-refractivity contribution in [2.24, 2.45) is 11.8 Å². The minimum absolute atomic E-state index is 0.287. The van der Waals surface area contributed by atoms with Crippen molar-refractivity contribution >= 4 is 33.0 Å². The van der Waals surface area contributed by atoms with E-state index in [0.29, 0.717) is 18.4 Å². The standard InChI is InChI=1S/C27H33N5OS/c1-14(2)22-23-17(5)25(18-7-19-10-31(9-16(4)33)11-20(19)8-18)34-27(23)30-24(22)21-6-15(3)26-28-13-29-32(26)12-21/h6,12-14,18-20,30H,7-11H2,1-5H3/t18?,19-,20+. The Kier molecular flexibility index (Phi) is 5.19. The maximum atomic E-state index is 11.6. The Morgan fingerprint density at radius 1 is 1.24 bits per heavy atom. The van der Waals surface area contributed by atoms with Crippen LogP contribution in [0.3, 0.4) is 0 Å². The number of likely N-dealkylation sites (tertiary alicyclic amines) is 1. The zero-order valence-corrected chi connectivity index (χ0v) is 21.5. The molecule has 1 N–H and O–H groups in total. The van der Waals surface area contributed by atoms with Gasteiger partial charge in [-0.1, -0.05) is 13.8 Å². The van der Waals surface area contributed by atoms with Gasteiger partial charge in [-0.3, -0.25) is 9.69 Å². The number of pyridine rings is 1. The molecule has 3 atom stereocenters. The molecule has 2 aliphatic rings. The topological polar surface area (TPSA) is 66.3 Å². The summed E-state index contributed by atoms with van der Waals surface area (Å²) in [4.78, 5) is 25.0. The highest BCUT2D eigenvalue weighted by molar-refractivity contribution is 7.19. The zero-order valence-electron chi connectivity index (χ0n) is 20.7. The second-order valence-electron chi connectivity index (χ2n) is 10.9. The van der Waals surface area contributed by atoms with Crippen LogP contribution >= 0.6 is 11.3 Å². The van der Waals surface area contributed by atoms with E-state index in [1.165, 1.54) is 45.4 Å². The summed E-state index contributed by atoms with van der Waals surface area (Å²) in [6, 6.07) is 2.23. The molecule has 0 aromatic carbocycles. The zero-order chi connectivity index (χ0) is 23.7. The lowest BCUT2D eigenvalue weighted by molar-refractivity contribution is -0.117. The van der Waals surface area contributed by atoms with Crippen molar-refractivity contribution in [1.29, 1.82) is 0 Å². The number of hydrogen-bond acceptors (Lipinski definition) is 5. The Bertz CT molecular complexity index is 1400. The molecule has 7 heteroatoms. The number of aromatic nitrogens is 4. The maximum absolute atomic E-state index is 11.6. The van der Waals surface area contributed by atoms with Crippen LogP contribution in [0.25, 0.3) is 27.1 Å². The molecule has 0 amide bonds. The molecule has 2 fully saturated rings. The molecule has 1 aliphatic heterocycles. The Morgan fingerprint density at radius 2 is 1.97 bits per heavy atom. The summed E-state index contributed by atoms with van der Waals surface area (Å²) in [7, 11) is 0. The monoisotopic (exact) mass is 475 g/mol. The van der Waals surface area contributed by atoms with E-state index in [4.69, 9.17) is 0 Å². The van der Waals surface area contributed by atoms with Crippen molar-refractivity contribution < 1.29 is 4.79 Å². The van der Waals surface area contributed by atoms with Gasteiger partial charge in [0.2, 0.25) is 0 Å². The molecule has 0 bridgehead atoms. The highest BCUT2D eigenvalue weighted by Gasteiger charge is 2.42. The Morgan fingerprint density at radius 3 is 2.65 bits per heavy atom. The number of hydrogen-bond donors (Lipinski definition) is 1. The lowest BCUT2D eigenvalue weighted by Crippen LogP contribution is -2.27. The van der Waals surface area contributed by atoms with Gasteiger partial charge in [-0.2, -0.15) is 5.10 Å². The summed E-state index contributed by atoms with van der Waals surface area (Å²) in [5.41, 5.74) is 7.32. The number of aryl methyl sites for hydroxylation is 2. The van der Waals surface area contributed by atoms with E-state index in [9.17, 15) is 4.79 Å². The fraction of sp³-hybridized carbons (Fsp3) is 0.519. The lowest BCUT2D eigenvalue weighted by atomic mass is 9.93. The molecule has 1 saturated carbocycles. The molecule has 0 spiro atoms. The Balaban J connectivity index is 1.35. The van der Waals surface area contributed by atoms with Crippen LogP contribution in [0.1, 0.15) is 67.0 Å². The van der Waals surface area contributed by atoms with E-state index in [1.807, 2.05) is 15.9 Å². The van der Waals surface area contributed by atoms with Crippen LogP contribution in [0.4, 0.5) is 0 Å².